The number of allylic oxidation sites excluding steroid dienone is 6. The number of aliphatic carboxylic acids is 2. The third kappa shape index (κ3) is 5.64. The van der Waals surface area contributed by atoms with Crippen molar-refractivity contribution in [1.82, 2.24) is 0 Å². The molecule has 204 valence electrons. The van der Waals surface area contributed by atoms with Crippen LogP contribution in [0.3, 0.4) is 0 Å². The van der Waals surface area contributed by atoms with Crippen molar-refractivity contribution in [2.24, 2.45) is 5.92 Å². The summed E-state index contributed by atoms with van der Waals surface area (Å²) in [5, 5.41) is 22.6. The summed E-state index contributed by atoms with van der Waals surface area (Å²) in [6, 6.07) is 16.3. The fourth-order valence-corrected chi connectivity index (χ4v) is 8.08. The summed E-state index contributed by atoms with van der Waals surface area (Å²) in [5.41, 5.74) is 6.00. The van der Waals surface area contributed by atoms with Crippen molar-refractivity contribution < 1.29 is 24.4 Å². The normalized spacial score (nSPS) is 20.4. The van der Waals surface area contributed by atoms with E-state index in [9.17, 15) is 19.8 Å². The summed E-state index contributed by atoms with van der Waals surface area (Å²) in [4.78, 5) is 25.8. The standard InChI is InChI=1S/C32H30N2O4S2/c35-31(36)13-15-33-25-5-1-3-7-27(25)39-29(33)19-21-9-11-23-12-10-22(18-24(23)17-21)20-30-34(16-14-32(37)38)26-6-2-4-8-28(26)40-30/h1-8,17-20,23H,9-16H2,(H-,35,36,37,38). The molecule has 0 spiro atoms. The van der Waals surface area contributed by atoms with Gasteiger partial charge in [0.2, 0.25) is 5.52 Å². The van der Waals surface area contributed by atoms with Crippen molar-refractivity contribution in [3.63, 3.8) is 0 Å². The van der Waals surface area contributed by atoms with E-state index in [1.54, 1.807) is 23.1 Å². The van der Waals surface area contributed by atoms with Crippen LogP contribution in [0, 0.1) is 5.92 Å². The predicted octanol–water partition coefficient (Wildman–Crippen LogP) is 5.70. The van der Waals surface area contributed by atoms with Gasteiger partial charge in [-0.1, -0.05) is 59.5 Å². The number of aromatic nitrogens is 1. The SMILES string of the molecule is O=C([O-])CC[n+]1c(/C=C2/C=C3C=C(/C=C4\Sc5ccccc5N4CCC(=O)O)CCC3CC2)sc2ccccc21. The second kappa shape index (κ2) is 11.5. The summed E-state index contributed by atoms with van der Waals surface area (Å²) in [6.45, 7) is 0.838. The lowest BCUT2D eigenvalue weighted by molar-refractivity contribution is -0.668. The van der Waals surface area contributed by atoms with E-state index in [1.807, 2.05) is 30.3 Å². The monoisotopic (exact) mass is 570 g/mol. The molecule has 40 heavy (non-hydrogen) atoms. The fourth-order valence-electron chi connectivity index (χ4n) is 5.75. The van der Waals surface area contributed by atoms with Crippen LogP contribution in [0.4, 0.5) is 5.69 Å². The van der Waals surface area contributed by atoms with Gasteiger partial charge in [0, 0.05) is 36.0 Å². The first kappa shape index (κ1) is 26.6. The summed E-state index contributed by atoms with van der Waals surface area (Å²) >= 11 is 3.40. The molecule has 6 nitrogen and oxygen atoms in total. The second-order valence-corrected chi connectivity index (χ2v) is 12.5. The number of aryl methyl sites for hydroxylation is 1. The number of fused-ring (bicyclic) bond motifs is 3. The summed E-state index contributed by atoms with van der Waals surface area (Å²) < 4.78 is 3.24. The predicted molar refractivity (Wildman–Crippen MR) is 158 cm³/mol. The summed E-state index contributed by atoms with van der Waals surface area (Å²) in [5.74, 6) is -1.29. The highest BCUT2D eigenvalue weighted by molar-refractivity contribution is 8.03. The zero-order valence-corrected chi connectivity index (χ0v) is 23.7. The van der Waals surface area contributed by atoms with Crippen LogP contribution < -0.4 is 14.6 Å². The molecule has 8 heteroatoms. The van der Waals surface area contributed by atoms with Crippen LogP contribution in [0.15, 0.2) is 93.4 Å². The Morgan fingerprint density at radius 2 is 1.82 bits per heavy atom. The van der Waals surface area contributed by atoms with Crippen molar-refractivity contribution in [2.75, 3.05) is 11.4 Å². The number of carboxylic acid groups (broad SMARTS) is 2. The van der Waals surface area contributed by atoms with Gasteiger partial charge in [0.15, 0.2) is 6.54 Å². The molecule has 3 aromatic rings. The van der Waals surface area contributed by atoms with Gasteiger partial charge in [-0.3, -0.25) is 4.79 Å². The maximum atomic E-state index is 11.3. The number of para-hydroxylation sites is 2. The highest BCUT2D eigenvalue weighted by Gasteiger charge is 2.28. The Kier molecular flexibility index (Phi) is 7.63. The minimum absolute atomic E-state index is 0.0170. The van der Waals surface area contributed by atoms with Crippen molar-refractivity contribution in [1.29, 1.82) is 0 Å². The molecule has 0 amide bonds. The minimum atomic E-state index is -1.04. The smallest absolute Gasteiger partial charge is 0.305 e. The molecule has 0 fully saturated rings. The number of thiazole rings is 1. The van der Waals surface area contributed by atoms with E-state index in [2.05, 4.69) is 52.0 Å². The van der Waals surface area contributed by atoms with Gasteiger partial charge in [0.05, 0.1) is 17.1 Å². The molecule has 1 unspecified atom stereocenters. The number of anilines is 1. The third-order valence-electron chi connectivity index (χ3n) is 7.72. The quantitative estimate of drug-likeness (QED) is 0.350. The van der Waals surface area contributed by atoms with Gasteiger partial charge in [-0.15, -0.1) is 0 Å². The van der Waals surface area contributed by atoms with Gasteiger partial charge in [0.1, 0.15) is 4.70 Å². The van der Waals surface area contributed by atoms with E-state index in [1.165, 1.54) is 16.7 Å². The number of carboxylic acids is 2. The number of carbonyl (C=O) groups excluding carboxylic acids is 1. The average Bonchev–Trinajstić information content (AvgIpc) is 3.47. The molecular weight excluding hydrogens is 540 g/mol. The van der Waals surface area contributed by atoms with E-state index >= 15 is 0 Å². The van der Waals surface area contributed by atoms with Gasteiger partial charge < -0.3 is 19.9 Å². The fraction of sp³-hybridized carbons (Fsp3) is 0.281. The number of nitrogens with zero attached hydrogens (tertiary/aromatic N) is 2. The lowest BCUT2D eigenvalue weighted by atomic mass is 9.77. The zero-order chi connectivity index (χ0) is 27.6. The Bertz CT molecular complexity index is 1610. The summed E-state index contributed by atoms with van der Waals surface area (Å²) in [7, 11) is 0. The highest BCUT2D eigenvalue weighted by Crippen LogP contribution is 2.47. The van der Waals surface area contributed by atoms with Crippen LogP contribution in [0.25, 0.3) is 16.3 Å². The summed E-state index contributed by atoms with van der Waals surface area (Å²) in [6.07, 6.45) is 13.4. The Morgan fingerprint density at radius 1 is 1.02 bits per heavy atom. The number of hydrogen-bond donors (Lipinski definition) is 1. The first-order valence-electron chi connectivity index (χ1n) is 13.7. The van der Waals surface area contributed by atoms with Crippen LogP contribution in [0.1, 0.15) is 43.5 Å². The van der Waals surface area contributed by atoms with Gasteiger partial charge in [-0.25, -0.2) is 0 Å². The van der Waals surface area contributed by atoms with Crippen LogP contribution >= 0.6 is 23.1 Å². The molecule has 1 atom stereocenters. The van der Waals surface area contributed by atoms with Gasteiger partial charge in [-0.2, -0.15) is 4.57 Å². The molecule has 0 saturated heterocycles. The Balaban J connectivity index is 1.30. The van der Waals surface area contributed by atoms with Crippen LogP contribution in [-0.2, 0) is 16.1 Å². The number of carbonyl (C=O) groups is 2. The molecule has 3 aliphatic rings. The van der Waals surface area contributed by atoms with Crippen LogP contribution in [0.5, 0.6) is 0 Å². The molecule has 2 aliphatic carbocycles. The Morgan fingerprint density at radius 3 is 2.67 bits per heavy atom. The molecule has 0 radical (unpaired) electrons. The molecule has 1 aromatic heterocycles. The third-order valence-corrected chi connectivity index (χ3v) is 9.94. The molecule has 6 rings (SSSR count). The number of thioether (sulfide) groups is 1. The maximum absolute atomic E-state index is 11.3. The zero-order valence-electron chi connectivity index (χ0n) is 22.0. The van der Waals surface area contributed by atoms with Crippen molar-refractivity contribution in [3.8, 4) is 0 Å². The minimum Gasteiger partial charge on any atom is -0.550 e. The van der Waals surface area contributed by atoms with E-state index in [-0.39, 0.29) is 12.8 Å². The second-order valence-electron chi connectivity index (χ2n) is 10.4. The van der Waals surface area contributed by atoms with Gasteiger partial charge >= 0.3 is 5.97 Å². The largest absolute Gasteiger partial charge is 0.550 e. The molecular formula is C32H30N2O4S2. The Hall–Kier alpha value is -3.62. The van der Waals surface area contributed by atoms with E-state index in [4.69, 9.17) is 0 Å². The first-order chi connectivity index (χ1) is 19.4. The van der Waals surface area contributed by atoms with Crippen LogP contribution in [-0.4, -0.2) is 23.6 Å². The molecule has 0 saturated carbocycles. The topological polar surface area (TPSA) is 84.5 Å². The first-order valence-corrected chi connectivity index (χ1v) is 15.3. The number of rotatable bonds is 8. The van der Waals surface area contributed by atoms with Crippen molar-refractivity contribution >= 4 is 57.0 Å². The lowest BCUT2D eigenvalue weighted by Crippen LogP contribution is -2.38. The van der Waals surface area contributed by atoms with Gasteiger partial charge in [-0.05, 0) is 72.6 Å². The molecule has 2 heterocycles. The molecule has 0 bridgehead atoms. The van der Waals surface area contributed by atoms with E-state index in [0.717, 1.165) is 56.5 Å². The highest BCUT2D eigenvalue weighted by atomic mass is 32.2. The van der Waals surface area contributed by atoms with Gasteiger partial charge in [0.25, 0.3) is 5.01 Å². The number of hydrogen-bond acceptors (Lipinski definition) is 6. The molecule has 2 aromatic carbocycles. The average molecular weight is 571 g/mol. The van der Waals surface area contributed by atoms with Crippen molar-refractivity contribution in [3.05, 3.63) is 93.5 Å². The van der Waals surface area contributed by atoms with E-state index in [0.29, 0.717) is 19.0 Å². The lowest BCUT2D eigenvalue weighted by Gasteiger charge is -2.28. The van der Waals surface area contributed by atoms with E-state index < -0.39 is 11.9 Å². The molecule has 1 N–H and O–H groups in total. The van der Waals surface area contributed by atoms with Crippen LogP contribution in [0.2, 0.25) is 0 Å². The maximum Gasteiger partial charge on any atom is 0.305 e. The number of benzene rings is 2. The van der Waals surface area contributed by atoms with Crippen molar-refractivity contribution in [2.45, 2.75) is 50.0 Å². The molecule has 1 aliphatic heterocycles. The Labute approximate surface area is 241 Å².